The third-order valence-electron chi connectivity index (χ3n) is 4.82. The summed E-state index contributed by atoms with van der Waals surface area (Å²) in [5.41, 5.74) is 2.30. The summed E-state index contributed by atoms with van der Waals surface area (Å²) in [5, 5.41) is 3.43. The minimum atomic E-state index is 0.237. The van der Waals surface area contributed by atoms with Crippen LogP contribution in [-0.4, -0.2) is 12.6 Å². The molecule has 1 aliphatic carbocycles. The van der Waals surface area contributed by atoms with E-state index in [-0.39, 0.29) is 6.04 Å². The van der Waals surface area contributed by atoms with Gasteiger partial charge in [-0.1, -0.05) is 69.0 Å². The molecule has 0 radical (unpaired) electrons. The number of benzene rings is 1. The van der Waals surface area contributed by atoms with Crippen molar-refractivity contribution in [3.63, 3.8) is 0 Å². The van der Waals surface area contributed by atoms with E-state index in [9.17, 15) is 0 Å². The molecule has 1 aromatic rings. The smallest absolute Gasteiger partial charge is 0.121 e. The summed E-state index contributed by atoms with van der Waals surface area (Å²) in [4.78, 5) is 0. The summed E-state index contributed by atoms with van der Waals surface area (Å²) in [6.07, 6.45) is 11.2. The minimum Gasteiger partial charge on any atom is -0.496 e. The first-order chi connectivity index (χ1) is 10.8. The second-order valence-corrected chi connectivity index (χ2v) is 6.60. The Morgan fingerprint density at radius 1 is 1.09 bits per heavy atom. The molecular weight excluding hydrogens is 270 g/mol. The van der Waals surface area contributed by atoms with E-state index in [1.54, 1.807) is 0 Å². The van der Waals surface area contributed by atoms with E-state index in [1.807, 2.05) is 0 Å². The summed E-state index contributed by atoms with van der Waals surface area (Å²) in [5.74, 6) is 1.93. The number of hydrogen-bond donors (Lipinski definition) is 1. The molecule has 0 amide bonds. The zero-order valence-corrected chi connectivity index (χ0v) is 13.4. The van der Waals surface area contributed by atoms with E-state index in [0.717, 1.165) is 30.4 Å². The topological polar surface area (TPSA) is 21.3 Å². The van der Waals surface area contributed by atoms with Gasteiger partial charge in [-0.05, 0) is 24.3 Å². The van der Waals surface area contributed by atoms with Crippen LogP contribution in [0.3, 0.4) is 0 Å². The van der Waals surface area contributed by atoms with E-state index in [0.29, 0.717) is 0 Å². The van der Waals surface area contributed by atoms with Crippen molar-refractivity contribution in [3.05, 3.63) is 60.0 Å². The molecule has 2 heteroatoms. The van der Waals surface area contributed by atoms with E-state index in [1.165, 1.54) is 44.1 Å². The lowest BCUT2D eigenvalue weighted by Crippen LogP contribution is -2.27. The Balaban J connectivity index is 1.49. The average Bonchev–Trinajstić information content (AvgIpc) is 2.89. The van der Waals surface area contributed by atoms with Crippen molar-refractivity contribution in [2.45, 2.75) is 51.0 Å². The number of rotatable bonds is 6. The quantitative estimate of drug-likeness (QED) is 0.829. The fraction of sp³-hybridized carbons (Fsp3) is 0.500. The third-order valence-corrected chi connectivity index (χ3v) is 4.82. The number of allylic oxidation sites excluding steroid dienone is 1. The lowest BCUT2D eigenvalue weighted by atomic mass is 9.87. The van der Waals surface area contributed by atoms with E-state index in [4.69, 9.17) is 4.74 Å². The highest BCUT2D eigenvalue weighted by Gasteiger charge is 2.23. The number of ether oxygens (including phenoxy) is 1. The Bertz CT molecular complexity index is 514. The molecule has 1 N–H and O–H groups in total. The van der Waals surface area contributed by atoms with E-state index >= 15 is 0 Å². The molecule has 22 heavy (non-hydrogen) atoms. The van der Waals surface area contributed by atoms with Gasteiger partial charge in [-0.3, -0.25) is 0 Å². The van der Waals surface area contributed by atoms with Crippen LogP contribution in [0.5, 0.6) is 0 Å². The standard InChI is InChI=1S/C20H27NO/c1-16-14-20(22-13-12-17-8-4-2-5-9-17)19(21-16)15-18-10-6-3-7-11-18/h3,6-7,10-11,14,17,19,21H,1-2,4-5,8-9,12-13,15H2/t19-/m0/s1. The highest BCUT2D eigenvalue weighted by Crippen LogP contribution is 2.27. The predicted molar refractivity (Wildman–Crippen MR) is 91.4 cm³/mol. The van der Waals surface area contributed by atoms with Crippen LogP contribution >= 0.6 is 0 Å². The first-order valence-corrected chi connectivity index (χ1v) is 8.65. The van der Waals surface area contributed by atoms with Crippen LogP contribution in [0.15, 0.2) is 54.4 Å². The third kappa shape index (κ3) is 4.16. The SMILES string of the molecule is C=C1C=C(OCCC2CCCCC2)[C@H](Cc2ccccc2)N1. The van der Waals surface area contributed by atoms with Gasteiger partial charge in [0, 0.05) is 11.8 Å². The van der Waals surface area contributed by atoms with Gasteiger partial charge in [-0.2, -0.15) is 0 Å². The largest absolute Gasteiger partial charge is 0.496 e. The van der Waals surface area contributed by atoms with Gasteiger partial charge in [0.25, 0.3) is 0 Å². The van der Waals surface area contributed by atoms with E-state index in [2.05, 4.69) is 48.3 Å². The molecule has 3 rings (SSSR count). The first kappa shape index (κ1) is 15.2. The highest BCUT2D eigenvalue weighted by molar-refractivity contribution is 5.31. The van der Waals surface area contributed by atoms with Crippen LogP contribution < -0.4 is 5.32 Å². The highest BCUT2D eigenvalue weighted by atomic mass is 16.5. The number of nitrogens with one attached hydrogen (secondary N) is 1. The zero-order chi connectivity index (χ0) is 15.2. The van der Waals surface area contributed by atoms with Crippen molar-refractivity contribution < 1.29 is 4.74 Å². The van der Waals surface area contributed by atoms with Gasteiger partial charge < -0.3 is 10.1 Å². The van der Waals surface area contributed by atoms with Gasteiger partial charge >= 0.3 is 0 Å². The summed E-state index contributed by atoms with van der Waals surface area (Å²) >= 11 is 0. The van der Waals surface area contributed by atoms with Crippen LogP contribution in [0.1, 0.15) is 44.1 Å². The second kappa shape index (κ2) is 7.53. The van der Waals surface area contributed by atoms with Crippen molar-refractivity contribution in [3.8, 4) is 0 Å². The van der Waals surface area contributed by atoms with Gasteiger partial charge in [-0.15, -0.1) is 0 Å². The van der Waals surface area contributed by atoms with Crippen molar-refractivity contribution in [1.82, 2.24) is 5.32 Å². The van der Waals surface area contributed by atoms with Crippen LogP contribution in [-0.2, 0) is 11.2 Å². The molecule has 1 aromatic carbocycles. The summed E-state index contributed by atoms with van der Waals surface area (Å²) in [7, 11) is 0. The van der Waals surface area contributed by atoms with Crippen LogP contribution in [0.4, 0.5) is 0 Å². The summed E-state index contributed by atoms with van der Waals surface area (Å²) < 4.78 is 6.10. The van der Waals surface area contributed by atoms with Crippen molar-refractivity contribution in [1.29, 1.82) is 0 Å². The van der Waals surface area contributed by atoms with Crippen LogP contribution in [0.25, 0.3) is 0 Å². The summed E-state index contributed by atoms with van der Waals surface area (Å²) in [6.45, 7) is 4.87. The Morgan fingerprint density at radius 2 is 1.86 bits per heavy atom. The van der Waals surface area contributed by atoms with Crippen LogP contribution in [0, 0.1) is 5.92 Å². The molecule has 1 aliphatic heterocycles. The lowest BCUT2D eigenvalue weighted by molar-refractivity contribution is 0.163. The van der Waals surface area contributed by atoms with Crippen LogP contribution in [0.2, 0.25) is 0 Å². The predicted octanol–water partition coefficient (Wildman–Crippen LogP) is 4.59. The molecule has 0 aromatic heterocycles. The Labute approximate surface area is 134 Å². The molecule has 2 aliphatic rings. The molecule has 1 heterocycles. The van der Waals surface area contributed by atoms with Crippen molar-refractivity contribution >= 4 is 0 Å². The average molecular weight is 297 g/mol. The fourth-order valence-electron chi connectivity index (χ4n) is 3.57. The maximum Gasteiger partial charge on any atom is 0.121 e. The normalized spacial score (nSPS) is 22.3. The Hall–Kier alpha value is -1.70. The van der Waals surface area contributed by atoms with Gasteiger partial charge in [0.2, 0.25) is 0 Å². The van der Waals surface area contributed by atoms with Gasteiger partial charge in [0.1, 0.15) is 5.76 Å². The molecule has 118 valence electrons. The van der Waals surface area contributed by atoms with E-state index < -0.39 is 0 Å². The molecule has 1 saturated carbocycles. The first-order valence-electron chi connectivity index (χ1n) is 8.65. The minimum absolute atomic E-state index is 0.237. The molecular formula is C20H27NO. The van der Waals surface area contributed by atoms with Crippen molar-refractivity contribution in [2.75, 3.05) is 6.61 Å². The molecule has 0 spiro atoms. The maximum atomic E-state index is 6.10. The monoisotopic (exact) mass is 297 g/mol. The van der Waals surface area contributed by atoms with Crippen molar-refractivity contribution in [2.24, 2.45) is 5.92 Å². The Morgan fingerprint density at radius 3 is 2.64 bits per heavy atom. The lowest BCUT2D eigenvalue weighted by Gasteiger charge is -2.22. The molecule has 0 unspecified atom stereocenters. The fourth-order valence-corrected chi connectivity index (χ4v) is 3.57. The molecule has 1 atom stereocenters. The number of hydrogen-bond acceptors (Lipinski definition) is 2. The molecule has 1 fully saturated rings. The Kier molecular flexibility index (Phi) is 5.20. The van der Waals surface area contributed by atoms with Gasteiger partial charge in [0.05, 0.1) is 12.6 Å². The van der Waals surface area contributed by atoms with Gasteiger partial charge in [-0.25, -0.2) is 0 Å². The molecule has 0 bridgehead atoms. The maximum absolute atomic E-state index is 6.10. The van der Waals surface area contributed by atoms with Gasteiger partial charge in [0.15, 0.2) is 0 Å². The molecule has 2 nitrogen and oxygen atoms in total. The molecule has 0 saturated heterocycles. The second-order valence-electron chi connectivity index (χ2n) is 6.60. The summed E-state index contributed by atoms with van der Waals surface area (Å²) in [6, 6.07) is 10.8. The zero-order valence-electron chi connectivity index (χ0n) is 13.4.